The average Bonchev–Trinajstić information content (AvgIpc) is 3.03. The maximum Gasteiger partial charge on any atom is 0.261 e. The molecule has 0 fully saturated rings. The number of hydrogen-bond acceptors (Lipinski definition) is 4. The number of halogens is 1. The number of hydrogen-bond donors (Lipinski definition) is 2. The van der Waals surface area contributed by atoms with Gasteiger partial charge in [0.1, 0.15) is 5.82 Å². The van der Waals surface area contributed by atoms with Gasteiger partial charge >= 0.3 is 0 Å². The zero-order valence-electron chi connectivity index (χ0n) is 13.7. The standard InChI is InChI=1S/C17H15FN4O3S/c1-22-11-12(10-19-22)17(23)20-14-4-6-15(7-5-14)21-26(24,25)16-8-2-13(18)3-9-16/h2-11,21H,1H3,(H,20,23). The van der Waals surface area contributed by atoms with Crippen LogP contribution in [-0.2, 0) is 17.1 Å². The van der Waals surface area contributed by atoms with E-state index in [2.05, 4.69) is 15.1 Å². The molecule has 0 aliphatic rings. The summed E-state index contributed by atoms with van der Waals surface area (Å²) in [6, 6.07) is 10.7. The van der Waals surface area contributed by atoms with Gasteiger partial charge in [-0.3, -0.25) is 14.2 Å². The third kappa shape index (κ3) is 4.06. The van der Waals surface area contributed by atoms with E-state index in [4.69, 9.17) is 0 Å². The van der Waals surface area contributed by atoms with Crippen LogP contribution >= 0.6 is 0 Å². The fraction of sp³-hybridized carbons (Fsp3) is 0.0588. The number of carbonyl (C=O) groups is 1. The Balaban J connectivity index is 1.69. The Hall–Kier alpha value is -3.20. The van der Waals surface area contributed by atoms with Crippen LogP contribution < -0.4 is 10.0 Å². The molecule has 3 aromatic rings. The second-order valence-electron chi connectivity index (χ2n) is 5.49. The smallest absolute Gasteiger partial charge is 0.261 e. The summed E-state index contributed by atoms with van der Waals surface area (Å²) in [6.07, 6.45) is 3.03. The van der Waals surface area contributed by atoms with Crippen molar-refractivity contribution in [1.29, 1.82) is 0 Å². The van der Waals surface area contributed by atoms with Crippen LogP contribution in [0.1, 0.15) is 10.4 Å². The molecule has 7 nitrogen and oxygen atoms in total. The van der Waals surface area contributed by atoms with E-state index in [1.807, 2.05) is 0 Å². The lowest BCUT2D eigenvalue weighted by molar-refractivity contribution is 0.102. The topological polar surface area (TPSA) is 93.1 Å². The van der Waals surface area contributed by atoms with Crippen LogP contribution in [0, 0.1) is 5.82 Å². The van der Waals surface area contributed by atoms with Crippen molar-refractivity contribution in [2.45, 2.75) is 4.90 Å². The van der Waals surface area contributed by atoms with Crippen molar-refractivity contribution in [2.75, 3.05) is 10.0 Å². The molecule has 2 aromatic carbocycles. The van der Waals surface area contributed by atoms with Crippen molar-refractivity contribution in [2.24, 2.45) is 7.05 Å². The summed E-state index contributed by atoms with van der Waals surface area (Å²) in [6.45, 7) is 0. The lowest BCUT2D eigenvalue weighted by Gasteiger charge is -2.09. The molecular formula is C17H15FN4O3S. The molecule has 0 saturated heterocycles. The zero-order chi connectivity index (χ0) is 18.7. The second kappa shape index (κ2) is 6.96. The first kappa shape index (κ1) is 17.6. The Morgan fingerprint density at radius 3 is 2.23 bits per heavy atom. The highest BCUT2D eigenvalue weighted by atomic mass is 32.2. The molecule has 1 amide bonds. The van der Waals surface area contributed by atoms with E-state index in [0.29, 0.717) is 16.9 Å². The lowest BCUT2D eigenvalue weighted by atomic mass is 10.2. The van der Waals surface area contributed by atoms with Gasteiger partial charge in [-0.15, -0.1) is 0 Å². The van der Waals surface area contributed by atoms with Crippen LogP contribution in [0.3, 0.4) is 0 Å². The Bertz CT molecular complexity index is 1030. The van der Waals surface area contributed by atoms with Crippen LogP contribution in [0.5, 0.6) is 0 Å². The molecule has 1 aromatic heterocycles. The van der Waals surface area contributed by atoms with Crippen molar-refractivity contribution in [3.63, 3.8) is 0 Å². The van der Waals surface area contributed by atoms with Gasteiger partial charge in [-0.1, -0.05) is 0 Å². The predicted molar refractivity (Wildman–Crippen MR) is 94.8 cm³/mol. The van der Waals surface area contributed by atoms with Crippen LogP contribution in [0.25, 0.3) is 0 Å². The third-order valence-corrected chi connectivity index (χ3v) is 4.88. The normalized spacial score (nSPS) is 11.2. The maximum absolute atomic E-state index is 12.9. The number of carbonyl (C=O) groups excluding carboxylic acids is 1. The van der Waals surface area contributed by atoms with E-state index in [1.54, 1.807) is 25.4 Å². The van der Waals surface area contributed by atoms with Crippen molar-refractivity contribution in [3.8, 4) is 0 Å². The first-order valence-electron chi connectivity index (χ1n) is 7.52. The summed E-state index contributed by atoms with van der Waals surface area (Å²) >= 11 is 0. The molecule has 26 heavy (non-hydrogen) atoms. The Morgan fingerprint density at radius 1 is 1.04 bits per heavy atom. The fourth-order valence-electron chi connectivity index (χ4n) is 2.19. The van der Waals surface area contributed by atoms with Gasteiger partial charge < -0.3 is 5.32 Å². The number of rotatable bonds is 5. The number of nitrogens with zero attached hydrogens (tertiary/aromatic N) is 2. The van der Waals surface area contributed by atoms with Crippen molar-refractivity contribution < 1.29 is 17.6 Å². The van der Waals surface area contributed by atoms with Crippen molar-refractivity contribution in [3.05, 3.63) is 72.3 Å². The average molecular weight is 374 g/mol. The number of amides is 1. The minimum Gasteiger partial charge on any atom is -0.322 e. The van der Waals surface area contributed by atoms with E-state index < -0.39 is 15.8 Å². The molecule has 9 heteroatoms. The van der Waals surface area contributed by atoms with E-state index in [9.17, 15) is 17.6 Å². The van der Waals surface area contributed by atoms with Crippen LogP contribution in [-0.4, -0.2) is 24.1 Å². The summed E-state index contributed by atoms with van der Waals surface area (Å²) in [4.78, 5) is 12.0. The molecule has 0 saturated carbocycles. The third-order valence-electron chi connectivity index (χ3n) is 3.49. The highest BCUT2D eigenvalue weighted by Gasteiger charge is 2.14. The van der Waals surface area contributed by atoms with Crippen molar-refractivity contribution >= 4 is 27.3 Å². The molecule has 0 unspecified atom stereocenters. The van der Waals surface area contributed by atoms with E-state index >= 15 is 0 Å². The molecule has 0 bridgehead atoms. The van der Waals surface area contributed by atoms with E-state index in [0.717, 1.165) is 12.1 Å². The summed E-state index contributed by atoms with van der Waals surface area (Å²) in [7, 11) is -2.11. The number of benzene rings is 2. The second-order valence-corrected chi connectivity index (χ2v) is 7.18. The molecule has 3 rings (SSSR count). The fourth-order valence-corrected chi connectivity index (χ4v) is 3.25. The number of aromatic nitrogens is 2. The molecule has 0 aliphatic carbocycles. The van der Waals surface area contributed by atoms with Gasteiger partial charge in [0.25, 0.3) is 15.9 Å². The minimum atomic E-state index is -3.82. The van der Waals surface area contributed by atoms with Gasteiger partial charge in [0.15, 0.2) is 0 Å². The van der Waals surface area contributed by atoms with Crippen LogP contribution in [0.15, 0.2) is 65.8 Å². The first-order valence-corrected chi connectivity index (χ1v) is 9.00. The van der Waals surface area contributed by atoms with Gasteiger partial charge in [0.2, 0.25) is 0 Å². The van der Waals surface area contributed by atoms with Gasteiger partial charge in [-0.25, -0.2) is 12.8 Å². The summed E-state index contributed by atoms with van der Waals surface area (Å²) < 4.78 is 41.3. The molecule has 2 N–H and O–H groups in total. The van der Waals surface area contributed by atoms with Gasteiger partial charge in [-0.2, -0.15) is 5.10 Å². The minimum absolute atomic E-state index is 0.0483. The molecule has 0 spiro atoms. The molecule has 0 radical (unpaired) electrons. The highest BCUT2D eigenvalue weighted by molar-refractivity contribution is 7.92. The summed E-state index contributed by atoms with van der Waals surface area (Å²) in [5.74, 6) is -0.838. The molecule has 0 aliphatic heterocycles. The zero-order valence-corrected chi connectivity index (χ0v) is 14.5. The summed E-state index contributed by atoms with van der Waals surface area (Å²) in [5, 5.41) is 6.61. The van der Waals surface area contributed by atoms with Crippen LogP contribution in [0.4, 0.5) is 15.8 Å². The largest absolute Gasteiger partial charge is 0.322 e. The van der Waals surface area contributed by atoms with E-state index in [-0.39, 0.29) is 10.8 Å². The maximum atomic E-state index is 12.9. The van der Waals surface area contributed by atoms with Gasteiger partial charge in [0.05, 0.1) is 16.7 Å². The number of aryl methyl sites for hydroxylation is 1. The molecular weight excluding hydrogens is 359 g/mol. The SMILES string of the molecule is Cn1cc(C(=O)Nc2ccc(NS(=O)(=O)c3ccc(F)cc3)cc2)cn1. The number of sulfonamides is 1. The lowest BCUT2D eigenvalue weighted by Crippen LogP contribution is -2.13. The number of nitrogens with one attached hydrogen (secondary N) is 2. The molecule has 0 atom stereocenters. The van der Waals surface area contributed by atoms with Gasteiger partial charge in [-0.05, 0) is 48.5 Å². The van der Waals surface area contributed by atoms with Gasteiger partial charge in [0, 0.05) is 24.6 Å². The first-order chi connectivity index (χ1) is 12.3. The van der Waals surface area contributed by atoms with E-state index in [1.165, 1.54) is 35.1 Å². The quantitative estimate of drug-likeness (QED) is 0.718. The Morgan fingerprint density at radius 2 is 1.65 bits per heavy atom. The Kier molecular flexibility index (Phi) is 4.72. The monoisotopic (exact) mass is 374 g/mol. The molecule has 1 heterocycles. The highest BCUT2D eigenvalue weighted by Crippen LogP contribution is 2.19. The predicted octanol–water partition coefficient (Wildman–Crippen LogP) is 2.61. The number of anilines is 2. The summed E-state index contributed by atoms with van der Waals surface area (Å²) in [5.41, 5.74) is 1.23. The molecule has 134 valence electrons. The van der Waals surface area contributed by atoms with Crippen LogP contribution in [0.2, 0.25) is 0 Å². The van der Waals surface area contributed by atoms with Crippen molar-refractivity contribution in [1.82, 2.24) is 9.78 Å². The Labute approximate surface area is 149 Å².